The molecule has 0 saturated carbocycles. The van der Waals surface area contributed by atoms with Crippen LogP contribution in [-0.2, 0) is 5.60 Å². The normalized spacial score (nSPS) is 14.5. The van der Waals surface area contributed by atoms with Crippen molar-refractivity contribution in [3.05, 3.63) is 180 Å². The Bertz CT molecular complexity index is 1770. The number of hydrogen-bond donors (Lipinski definition) is 0. The van der Waals surface area contributed by atoms with E-state index in [9.17, 15) is 0 Å². The molecular weight excluding hydrogens is 472 g/mol. The van der Waals surface area contributed by atoms with Crippen molar-refractivity contribution >= 4 is 16.7 Å². The van der Waals surface area contributed by atoms with Crippen molar-refractivity contribution in [3.8, 4) is 16.9 Å². The van der Waals surface area contributed by atoms with E-state index in [1.54, 1.807) is 0 Å². The number of benzene rings is 5. The molecule has 1 aliphatic carbocycles. The molecule has 1 heteroatoms. The molecule has 0 bridgehead atoms. The quantitative estimate of drug-likeness (QED) is 0.224. The van der Waals surface area contributed by atoms with E-state index in [1.807, 2.05) is 12.1 Å². The molecule has 0 fully saturated rings. The minimum Gasteiger partial charge on any atom is -0.472 e. The molecular formula is C38H28O. The van der Waals surface area contributed by atoms with Gasteiger partial charge in [0.2, 0.25) is 0 Å². The van der Waals surface area contributed by atoms with Crippen molar-refractivity contribution in [2.45, 2.75) is 12.5 Å². The number of para-hydroxylation sites is 1. The van der Waals surface area contributed by atoms with E-state index >= 15 is 0 Å². The second kappa shape index (κ2) is 8.85. The van der Waals surface area contributed by atoms with Crippen molar-refractivity contribution in [1.29, 1.82) is 0 Å². The Morgan fingerprint density at radius 1 is 0.615 bits per heavy atom. The van der Waals surface area contributed by atoms with E-state index in [0.29, 0.717) is 0 Å². The first-order valence-corrected chi connectivity index (χ1v) is 13.3. The first-order chi connectivity index (χ1) is 19.1. The molecule has 0 aromatic heterocycles. The highest BCUT2D eigenvalue weighted by Gasteiger charge is 2.49. The highest BCUT2D eigenvalue weighted by molar-refractivity contribution is 5.91. The summed E-state index contributed by atoms with van der Waals surface area (Å²) in [6.45, 7) is 11.2. The SMILES string of the molecule is C=C(/C=C(\C)c1ccccc1)c1ccc2c(c1)C(=C)c1ccccc1OC21c2ccccc2-c2ccccc21. The summed E-state index contributed by atoms with van der Waals surface area (Å²) in [6.07, 6.45) is 2.16. The topological polar surface area (TPSA) is 9.23 Å². The van der Waals surface area contributed by atoms with E-state index in [1.165, 1.54) is 22.3 Å². The Morgan fingerprint density at radius 2 is 1.18 bits per heavy atom. The number of ether oxygens (including phenoxy) is 1. The number of hydrogen-bond acceptors (Lipinski definition) is 1. The average Bonchev–Trinajstić information content (AvgIpc) is 3.21. The maximum Gasteiger partial charge on any atom is 0.186 e. The average molecular weight is 501 g/mol. The molecule has 5 aromatic rings. The predicted molar refractivity (Wildman–Crippen MR) is 163 cm³/mol. The maximum atomic E-state index is 7.18. The summed E-state index contributed by atoms with van der Waals surface area (Å²) >= 11 is 0. The van der Waals surface area contributed by atoms with Crippen LogP contribution in [0.5, 0.6) is 5.75 Å². The van der Waals surface area contributed by atoms with Crippen LogP contribution in [0.2, 0.25) is 0 Å². The van der Waals surface area contributed by atoms with E-state index in [2.05, 4.69) is 135 Å². The van der Waals surface area contributed by atoms with Gasteiger partial charge in [0.15, 0.2) is 5.60 Å². The molecule has 39 heavy (non-hydrogen) atoms. The minimum atomic E-state index is -0.784. The fraction of sp³-hybridized carbons (Fsp3) is 0.0526. The summed E-state index contributed by atoms with van der Waals surface area (Å²) in [5, 5.41) is 0. The van der Waals surface area contributed by atoms with Gasteiger partial charge < -0.3 is 4.74 Å². The number of rotatable bonds is 3. The number of fused-ring (bicyclic) bond motifs is 8. The van der Waals surface area contributed by atoms with E-state index in [4.69, 9.17) is 4.74 Å². The highest BCUT2D eigenvalue weighted by atomic mass is 16.5. The van der Waals surface area contributed by atoms with Crippen molar-refractivity contribution in [2.24, 2.45) is 0 Å². The molecule has 1 nitrogen and oxygen atoms in total. The summed E-state index contributed by atoms with van der Waals surface area (Å²) in [6, 6.07) is 42.5. The van der Waals surface area contributed by atoms with Crippen LogP contribution in [0.3, 0.4) is 0 Å². The zero-order valence-corrected chi connectivity index (χ0v) is 21.9. The van der Waals surface area contributed by atoms with Crippen molar-refractivity contribution in [2.75, 3.05) is 0 Å². The molecule has 0 unspecified atom stereocenters. The van der Waals surface area contributed by atoms with Crippen LogP contribution in [0, 0.1) is 0 Å². The van der Waals surface area contributed by atoms with Gasteiger partial charge in [-0.3, -0.25) is 0 Å². The van der Waals surface area contributed by atoms with Gasteiger partial charge in [0, 0.05) is 22.3 Å². The smallest absolute Gasteiger partial charge is 0.186 e. The lowest BCUT2D eigenvalue weighted by molar-refractivity contribution is 0.161. The zero-order chi connectivity index (χ0) is 26.6. The fourth-order valence-corrected chi connectivity index (χ4v) is 6.19. The third-order valence-electron chi connectivity index (χ3n) is 8.09. The molecule has 0 atom stereocenters. The highest BCUT2D eigenvalue weighted by Crippen LogP contribution is 2.57. The second-order valence-corrected chi connectivity index (χ2v) is 10.3. The van der Waals surface area contributed by atoms with Gasteiger partial charge in [0.25, 0.3) is 0 Å². The number of allylic oxidation sites excluding steroid dienone is 3. The molecule has 0 amide bonds. The van der Waals surface area contributed by atoms with Crippen molar-refractivity contribution in [1.82, 2.24) is 0 Å². The molecule has 1 heterocycles. The molecule has 0 N–H and O–H groups in total. The first-order valence-electron chi connectivity index (χ1n) is 13.3. The maximum absolute atomic E-state index is 7.18. The van der Waals surface area contributed by atoms with Crippen molar-refractivity contribution in [3.63, 3.8) is 0 Å². The van der Waals surface area contributed by atoms with Gasteiger partial charge >= 0.3 is 0 Å². The van der Waals surface area contributed by atoms with E-state index < -0.39 is 5.60 Å². The summed E-state index contributed by atoms with van der Waals surface area (Å²) in [4.78, 5) is 0. The molecule has 2 aliphatic rings. The van der Waals surface area contributed by atoms with Crippen LogP contribution in [-0.4, -0.2) is 0 Å². The monoisotopic (exact) mass is 500 g/mol. The molecule has 1 spiro atoms. The minimum absolute atomic E-state index is 0.784. The van der Waals surface area contributed by atoms with Gasteiger partial charge in [-0.05, 0) is 63.6 Å². The second-order valence-electron chi connectivity index (χ2n) is 10.3. The van der Waals surface area contributed by atoms with Crippen LogP contribution >= 0.6 is 0 Å². The van der Waals surface area contributed by atoms with Gasteiger partial charge in [-0.2, -0.15) is 0 Å². The predicted octanol–water partition coefficient (Wildman–Crippen LogP) is 9.53. The summed E-state index contributed by atoms with van der Waals surface area (Å²) in [5.74, 6) is 0.838. The van der Waals surface area contributed by atoms with Crippen LogP contribution in [0.25, 0.3) is 27.8 Å². The van der Waals surface area contributed by atoms with Crippen LogP contribution < -0.4 is 4.74 Å². The molecule has 186 valence electrons. The van der Waals surface area contributed by atoms with Gasteiger partial charge in [0.05, 0.1) is 0 Å². The third kappa shape index (κ3) is 3.47. The molecule has 7 rings (SSSR count). The lowest BCUT2D eigenvalue weighted by Gasteiger charge is -2.33. The fourth-order valence-electron chi connectivity index (χ4n) is 6.19. The van der Waals surface area contributed by atoms with E-state index in [0.717, 1.165) is 50.3 Å². The molecule has 0 radical (unpaired) electrons. The van der Waals surface area contributed by atoms with Gasteiger partial charge in [0.1, 0.15) is 5.75 Å². The Labute approximate surface area is 230 Å². The van der Waals surface area contributed by atoms with Crippen LogP contribution in [0.1, 0.15) is 45.9 Å². The zero-order valence-electron chi connectivity index (χ0n) is 21.9. The van der Waals surface area contributed by atoms with Crippen molar-refractivity contribution < 1.29 is 4.74 Å². The lowest BCUT2D eigenvalue weighted by Crippen LogP contribution is -2.34. The first kappa shape index (κ1) is 23.3. The van der Waals surface area contributed by atoms with Crippen LogP contribution in [0.15, 0.2) is 141 Å². The summed E-state index contributed by atoms with van der Waals surface area (Å²) in [5.41, 5.74) is 12.5. The van der Waals surface area contributed by atoms with Gasteiger partial charge in [-0.1, -0.05) is 128 Å². The summed E-state index contributed by atoms with van der Waals surface area (Å²) in [7, 11) is 0. The Balaban J connectivity index is 1.47. The molecule has 0 saturated heterocycles. The Kier molecular flexibility index (Phi) is 5.28. The molecule has 5 aromatic carbocycles. The summed E-state index contributed by atoms with van der Waals surface area (Å²) < 4.78 is 7.18. The largest absolute Gasteiger partial charge is 0.472 e. The third-order valence-corrected chi connectivity index (χ3v) is 8.09. The van der Waals surface area contributed by atoms with Crippen LogP contribution in [0.4, 0.5) is 0 Å². The molecule has 1 aliphatic heterocycles. The Hall–Kier alpha value is -4.88. The van der Waals surface area contributed by atoms with E-state index in [-0.39, 0.29) is 0 Å². The van der Waals surface area contributed by atoms with Gasteiger partial charge in [-0.15, -0.1) is 0 Å². The Morgan fingerprint density at radius 3 is 1.87 bits per heavy atom. The van der Waals surface area contributed by atoms with Gasteiger partial charge in [-0.25, -0.2) is 0 Å². The lowest BCUT2D eigenvalue weighted by atomic mass is 9.79. The standard InChI is InChI=1S/C38H28O/c1-25(28-13-5-4-6-14-28)23-26(2)29-21-22-36-33(24-29)27(3)30-15-9-12-20-37(30)39-38(36)34-18-10-7-16-31(34)32-17-8-11-19-35(32)38/h4-24H,2-3H2,1H3/b25-23+.